The highest BCUT2D eigenvalue weighted by molar-refractivity contribution is 7.99. The molecule has 1 N–H and O–H groups in total. The summed E-state index contributed by atoms with van der Waals surface area (Å²) in [5, 5.41) is 11.3. The largest absolute Gasteiger partial charge is 0.497 e. The summed E-state index contributed by atoms with van der Waals surface area (Å²) in [4.78, 5) is 3.36. The number of nitrogens with zero attached hydrogens (tertiary/aromatic N) is 3. The number of hydrogen-bond acceptors (Lipinski definition) is 4. The topological polar surface area (TPSA) is 55.7 Å². The predicted molar refractivity (Wildman–Crippen MR) is 113 cm³/mol. The second-order valence-corrected chi connectivity index (χ2v) is 8.16. The molecule has 0 spiro atoms. The van der Waals surface area contributed by atoms with Crippen molar-refractivity contribution in [2.75, 3.05) is 12.9 Å². The van der Waals surface area contributed by atoms with Crippen LogP contribution >= 0.6 is 11.8 Å². The van der Waals surface area contributed by atoms with Crippen LogP contribution in [-0.2, 0) is 6.42 Å². The standard InChI is InChI=1S/C22H22N4OS/c1-27-17-10-6-15(7-11-17)12-13-28-22-25-24-21(26(22)16-8-9-16)19-14-23-20-5-3-2-4-18(19)20/h2-7,10-11,14,16,23H,8-9,12-13H2,1H3. The fourth-order valence-corrected chi connectivity index (χ4v) is 4.52. The molecular weight excluding hydrogens is 368 g/mol. The van der Waals surface area contributed by atoms with E-state index in [2.05, 4.69) is 62.3 Å². The summed E-state index contributed by atoms with van der Waals surface area (Å²) in [6.45, 7) is 0. The molecule has 142 valence electrons. The van der Waals surface area contributed by atoms with Crippen LogP contribution in [0, 0.1) is 0 Å². The van der Waals surface area contributed by atoms with Crippen molar-refractivity contribution in [3.63, 3.8) is 0 Å². The molecule has 1 fully saturated rings. The summed E-state index contributed by atoms with van der Waals surface area (Å²) >= 11 is 1.79. The van der Waals surface area contributed by atoms with E-state index in [1.807, 2.05) is 12.1 Å². The normalized spacial score (nSPS) is 13.9. The molecular formula is C22H22N4OS. The molecule has 0 unspecified atom stereocenters. The molecule has 2 aromatic heterocycles. The Morgan fingerprint density at radius 3 is 2.71 bits per heavy atom. The van der Waals surface area contributed by atoms with Gasteiger partial charge in [-0.3, -0.25) is 4.57 Å². The Labute approximate surface area is 168 Å². The smallest absolute Gasteiger partial charge is 0.191 e. The number of para-hydroxylation sites is 1. The molecule has 5 nitrogen and oxygen atoms in total. The fraction of sp³-hybridized carbons (Fsp3) is 0.273. The summed E-state index contributed by atoms with van der Waals surface area (Å²) < 4.78 is 7.57. The highest BCUT2D eigenvalue weighted by Gasteiger charge is 2.30. The van der Waals surface area contributed by atoms with E-state index < -0.39 is 0 Å². The monoisotopic (exact) mass is 390 g/mol. The molecule has 5 rings (SSSR count). The third kappa shape index (κ3) is 3.29. The minimum Gasteiger partial charge on any atom is -0.497 e. The van der Waals surface area contributed by atoms with Gasteiger partial charge in [-0.15, -0.1) is 10.2 Å². The zero-order valence-corrected chi connectivity index (χ0v) is 16.6. The van der Waals surface area contributed by atoms with Crippen molar-refractivity contribution in [2.45, 2.75) is 30.5 Å². The number of aromatic amines is 1. The Morgan fingerprint density at radius 2 is 1.93 bits per heavy atom. The summed E-state index contributed by atoms with van der Waals surface area (Å²) in [5.41, 5.74) is 3.58. The van der Waals surface area contributed by atoms with Gasteiger partial charge in [0.15, 0.2) is 11.0 Å². The van der Waals surface area contributed by atoms with Crippen LogP contribution in [0.5, 0.6) is 5.75 Å². The van der Waals surface area contributed by atoms with Crippen molar-refractivity contribution in [2.24, 2.45) is 0 Å². The van der Waals surface area contributed by atoms with Gasteiger partial charge in [0.25, 0.3) is 0 Å². The van der Waals surface area contributed by atoms with Gasteiger partial charge in [-0.05, 0) is 43.0 Å². The Kier molecular flexibility index (Phi) is 4.56. The van der Waals surface area contributed by atoms with Gasteiger partial charge < -0.3 is 9.72 Å². The van der Waals surface area contributed by atoms with Crippen LogP contribution < -0.4 is 4.74 Å². The lowest BCUT2D eigenvalue weighted by atomic mass is 10.1. The second kappa shape index (κ2) is 7.36. The Bertz CT molecular complexity index is 1100. The average Bonchev–Trinajstić information content (AvgIpc) is 3.35. The molecule has 2 heterocycles. The van der Waals surface area contributed by atoms with Gasteiger partial charge in [0.1, 0.15) is 5.75 Å². The SMILES string of the molecule is COc1ccc(CCSc2nnc(-c3c[nH]c4ccccc34)n2C2CC2)cc1. The Hall–Kier alpha value is -2.73. The van der Waals surface area contributed by atoms with Crippen molar-refractivity contribution in [3.05, 3.63) is 60.3 Å². The maximum absolute atomic E-state index is 5.23. The number of thioether (sulfide) groups is 1. The van der Waals surface area contributed by atoms with E-state index in [0.717, 1.165) is 40.0 Å². The van der Waals surface area contributed by atoms with E-state index in [9.17, 15) is 0 Å². The molecule has 0 aliphatic heterocycles. The molecule has 28 heavy (non-hydrogen) atoms. The van der Waals surface area contributed by atoms with Crippen molar-refractivity contribution >= 4 is 22.7 Å². The maximum Gasteiger partial charge on any atom is 0.191 e. The fourth-order valence-electron chi connectivity index (χ4n) is 3.53. The third-order valence-electron chi connectivity index (χ3n) is 5.19. The van der Waals surface area contributed by atoms with Crippen molar-refractivity contribution < 1.29 is 4.74 Å². The Morgan fingerprint density at radius 1 is 1.11 bits per heavy atom. The first-order valence-corrected chi connectivity index (χ1v) is 10.6. The van der Waals surface area contributed by atoms with E-state index in [1.54, 1.807) is 18.9 Å². The molecule has 0 saturated heterocycles. The number of hydrogen-bond donors (Lipinski definition) is 1. The highest BCUT2D eigenvalue weighted by Crippen LogP contribution is 2.42. The minimum atomic E-state index is 0.530. The summed E-state index contributed by atoms with van der Waals surface area (Å²) in [6, 6.07) is 17.2. The molecule has 4 aromatic rings. The maximum atomic E-state index is 5.23. The van der Waals surface area contributed by atoms with Crippen molar-refractivity contribution in [3.8, 4) is 17.1 Å². The average molecular weight is 391 g/mol. The first kappa shape index (κ1) is 17.4. The molecule has 0 atom stereocenters. The van der Waals surface area contributed by atoms with Gasteiger partial charge in [-0.25, -0.2) is 0 Å². The van der Waals surface area contributed by atoms with E-state index in [-0.39, 0.29) is 0 Å². The van der Waals surface area contributed by atoms with E-state index in [4.69, 9.17) is 4.74 Å². The molecule has 1 aliphatic carbocycles. The summed E-state index contributed by atoms with van der Waals surface area (Å²) in [5.74, 6) is 2.85. The van der Waals surface area contributed by atoms with Gasteiger partial charge in [-0.2, -0.15) is 0 Å². The molecule has 1 aliphatic rings. The summed E-state index contributed by atoms with van der Waals surface area (Å²) in [6.07, 6.45) is 5.47. The van der Waals surface area contributed by atoms with Gasteiger partial charge in [0.2, 0.25) is 0 Å². The number of rotatable bonds is 7. The van der Waals surface area contributed by atoms with Crippen LogP contribution in [0.2, 0.25) is 0 Å². The predicted octanol–water partition coefficient (Wildman–Crippen LogP) is 5.10. The lowest BCUT2D eigenvalue weighted by Gasteiger charge is -2.08. The van der Waals surface area contributed by atoms with Crippen LogP contribution in [0.4, 0.5) is 0 Å². The van der Waals surface area contributed by atoms with Crippen LogP contribution in [0.25, 0.3) is 22.3 Å². The first-order valence-electron chi connectivity index (χ1n) is 9.60. The van der Waals surface area contributed by atoms with Crippen molar-refractivity contribution in [1.29, 1.82) is 0 Å². The third-order valence-corrected chi connectivity index (χ3v) is 6.13. The second-order valence-electron chi connectivity index (χ2n) is 7.10. The molecule has 0 bridgehead atoms. The molecule has 0 radical (unpaired) electrons. The van der Waals surface area contributed by atoms with Crippen molar-refractivity contribution in [1.82, 2.24) is 19.7 Å². The number of aryl methyl sites for hydroxylation is 1. The lowest BCUT2D eigenvalue weighted by molar-refractivity contribution is 0.414. The van der Waals surface area contributed by atoms with E-state index in [1.165, 1.54) is 23.8 Å². The number of nitrogens with one attached hydrogen (secondary N) is 1. The van der Waals surface area contributed by atoms with Gasteiger partial charge in [-0.1, -0.05) is 42.1 Å². The lowest BCUT2D eigenvalue weighted by Crippen LogP contribution is -2.00. The van der Waals surface area contributed by atoms with Gasteiger partial charge >= 0.3 is 0 Å². The molecule has 0 amide bonds. The molecule has 6 heteroatoms. The van der Waals surface area contributed by atoms with Gasteiger partial charge in [0.05, 0.1) is 7.11 Å². The summed E-state index contributed by atoms with van der Waals surface area (Å²) in [7, 11) is 1.70. The molecule has 2 aromatic carbocycles. The van der Waals surface area contributed by atoms with Crippen LogP contribution in [-0.4, -0.2) is 32.6 Å². The number of aromatic nitrogens is 4. The van der Waals surface area contributed by atoms with E-state index >= 15 is 0 Å². The minimum absolute atomic E-state index is 0.530. The number of H-pyrrole nitrogens is 1. The number of ether oxygens (including phenoxy) is 1. The zero-order chi connectivity index (χ0) is 18.9. The Balaban J connectivity index is 1.37. The zero-order valence-electron chi connectivity index (χ0n) is 15.8. The first-order chi connectivity index (χ1) is 13.8. The van der Waals surface area contributed by atoms with Crippen LogP contribution in [0.3, 0.4) is 0 Å². The number of fused-ring (bicyclic) bond motifs is 1. The number of methoxy groups -OCH3 is 1. The number of benzene rings is 2. The molecule has 1 saturated carbocycles. The van der Waals surface area contributed by atoms with Gasteiger partial charge in [0, 0.05) is 34.5 Å². The van der Waals surface area contributed by atoms with Crippen LogP contribution in [0.15, 0.2) is 59.9 Å². The quantitative estimate of drug-likeness (QED) is 0.446. The van der Waals surface area contributed by atoms with E-state index in [0.29, 0.717) is 6.04 Å². The van der Waals surface area contributed by atoms with Crippen LogP contribution in [0.1, 0.15) is 24.4 Å². The highest BCUT2D eigenvalue weighted by atomic mass is 32.2.